The van der Waals surface area contributed by atoms with Gasteiger partial charge < -0.3 is 60.7 Å². The first kappa shape index (κ1) is 65.7. The number of carboxylic acid groups (broad SMARTS) is 2. The molecule has 2 saturated carbocycles. The third-order valence-electron chi connectivity index (χ3n) is 16.5. The molecule has 4 N–H and O–H groups in total. The average Bonchev–Trinajstić information content (AvgIpc) is 3.69. The normalized spacial score (nSPS) is 18.1. The van der Waals surface area contributed by atoms with Gasteiger partial charge in [0.1, 0.15) is 12.1 Å². The smallest absolute Gasteiger partial charge is 0.549 e. The molecule has 4 aromatic carbocycles. The van der Waals surface area contributed by atoms with E-state index in [-0.39, 0.29) is 99.4 Å². The predicted molar refractivity (Wildman–Crippen MR) is 322 cm³/mol. The molecule has 2 heterocycles. The molecule has 6 amide bonds. The standard InChI is InChI=1S/2C32H42N4O5.Ca/c2*1-31(2,3)27(37)20-36-26-17-10-9-16-25(26)35(23-14-7-6-8-15-23)19-24(28(36)38)34-30(41)33-22-13-11-12-21(18-22)32(4,5)29(39)40;/h2*9-13,16-18,23-24H,6-8,14-15,19-20H2,1-5H3,(H,39,40)(H2,33,34,41);/q;;+2/p-2/t24-;;/m1../s1. The van der Waals surface area contributed by atoms with E-state index in [4.69, 9.17) is 0 Å². The quantitative estimate of drug-likeness (QED) is 0.0891. The molecule has 2 atom stereocenters. The number of fused-ring (bicyclic) bond motifs is 2. The summed E-state index contributed by atoms with van der Waals surface area (Å²) in [5.41, 5.74) is 1.06. The zero-order chi connectivity index (χ0) is 59.9. The van der Waals surface area contributed by atoms with Gasteiger partial charge in [-0.2, -0.15) is 0 Å². The molecular formula is C64H82CaN8O10. The number of urea groups is 2. The molecule has 2 aliphatic carbocycles. The van der Waals surface area contributed by atoms with Crippen LogP contribution in [0.25, 0.3) is 0 Å². The minimum Gasteiger partial charge on any atom is -0.549 e. The Bertz CT molecular complexity index is 2830. The summed E-state index contributed by atoms with van der Waals surface area (Å²) in [4.78, 5) is 112. The Balaban J connectivity index is 0.000000263. The van der Waals surface area contributed by atoms with Crippen LogP contribution in [0.4, 0.5) is 43.7 Å². The summed E-state index contributed by atoms with van der Waals surface area (Å²) < 4.78 is 0. The Morgan fingerprint density at radius 2 is 0.795 bits per heavy atom. The summed E-state index contributed by atoms with van der Waals surface area (Å²) in [5.74, 6) is -3.32. The molecule has 0 aromatic heterocycles. The Morgan fingerprint density at radius 1 is 0.470 bits per heavy atom. The molecule has 4 aromatic rings. The third kappa shape index (κ3) is 16.0. The SMILES string of the molecule is CC(C)(C)C(=O)CN1C(=O)C(NC(=O)Nc2cccc(C(C)(C)C(=O)[O-])c2)CN(C2CCCCC2)c2ccccc21.CC(C)(C)C(=O)CN1C(=O)[C@H](NC(=O)Nc2cccc(C(C)(C)C(=O)[O-])c2)CN(C2CCCCC2)c2ccccc21.[Ca+2]. The van der Waals surface area contributed by atoms with Crippen molar-refractivity contribution in [2.45, 2.75) is 168 Å². The number of anilines is 6. The van der Waals surface area contributed by atoms with E-state index in [1.165, 1.54) is 50.3 Å². The second-order valence-corrected chi connectivity index (χ2v) is 25.3. The van der Waals surface area contributed by atoms with Crippen LogP contribution in [0.1, 0.15) is 145 Å². The van der Waals surface area contributed by atoms with E-state index >= 15 is 0 Å². The summed E-state index contributed by atoms with van der Waals surface area (Å²) in [5, 5.41) is 34.5. The van der Waals surface area contributed by atoms with E-state index in [2.05, 4.69) is 31.1 Å². The molecule has 0 saturated heterocycles. The van der Waals surface area contributed by atoms with Crippen molar-refractivity contribution in [3.05, 3.63) is 108 Å². The van der Waals surface area contributed by atoms with Gasteiger partial charge in [-0.15, -0.1) is 0 Å². The van der Waals surface area contributed by atoms with Crippen molar-refractivity contribution >= 4 is 119 Å². The number of Topliss-reactive ketones (excluding diaryl/α,β-unsaturated/α-hetero) is 2. The van der Waals surface area contributed by atoms with Gasteiger partial charge in [-0.3, -0.25) is 19.2 Å². The Hall–Kier alpha value is -6.50. The fourth-order valence-electron chi connectivity index (χ4n) is 10.9. The summed E-state index contributed by atoms with van der Waals surface area (Å²) in [6.07, 6.45) is 10.7. The second-order valence-electron chi connectivity index (χ2n) is 25.3. The van der Waals surface area contributed by atoms with Crippen LogP contribution >= 0.6 is 0 Å². The van der Waals surface area contributed by atoms with Crippen LogP contribution < -0.4 is 51.1 Å². The van der Waals surface area contributed by atoms with Crippen LogP contribution in [0.3, 0.4) is 0 Å². The minimum absolute atomic E-state index is 0. The topological polar surface area (TPSA) is 244 Å². The first-order valence-corrected chi connectivity index (χ1v) is 28.8. The largest absolute Gasteiger partial charge is 2.00 e. The summed E-state index contributed by atoms with van der Waals surface area (Å²) in [7, 11) is 0. The van der Waals surface area contributed by atoms with Gasteiger partial charge in [0.15, 0.2) is 11.6 Å². The van der Waals surface area contributed by atoms with Crippen LogP contribution in [0.2, 0.25) is 0 Å². The number of nitrogens with one attached hydrogen (secondary N) is 4. The molecule has 8 rings (SSSR count). The number of carbonyl (C=O) groups excluding carboxylic acids is 8. The van der Waals surface area contributed by atoms with Gasteiger partial charge >= 0.3 is 49.8 Å². The molecule has 0 bridgehead atoms. The number of hydrogen-bond donors (Lipinski definition) is 4. The molecular weight excluding hydrogens is 1080 g/mol. The second kappa shape index (κ2) is 27.5. The summed E-state index contributed by atoms with van der Waals surface area (Å²) in [6.45, 7) is 17.5. The van der Waals surface area contributed by atoms with Gasteiger partial charge in [0.2, 0.25) is 0 Å². The third-order valence-corrected chi connectivity index (χ3v) is 16.5. The van der Waals surface area contributed by atoms with E-state index in [1.54, 1.807) is 48.5 Å². The molecule has 83 heavy (non-hydrogen) atoms. The number of aliphatic carboxylic acids is 2. The minimum atomic E-state index is -1.25. The van der Waals surface area contributed by atoms with Gasteiger partial charge in [-0.05, 0) is 85.3 Å². The van der Waals surface area contributed by atoms with Crippen molar-refractivity contribution in [2.24, 2.45) is 10.8 Å². The average molecular weight is 1160 g/mol. The van der Waals surface area contributed by atoms with Gasteiger partial charge in [-0.1, -0.05) is 156 Å². The zero-order valence-corrected chi connectivity index (χ0v) is 52.2. The Labute approximate surface area is 518 Å². The summed E-state index contributed by atoms with van der Waals surface area (Å²) in [6, 6.07) is 25.8. The molecule has 19 heteroatoms. The first-order valence-electron chi connectivity index (χ1n) is 28.8. The maximum Gasteiger partial charge on any atom is 2.00 e. The fraction of sp³-hybridized carbons (Fsp3) is 0.500. The number of nitrogens with zero attached hydrogens (tertiary/aromatic N) is 4. The number of hydrogen-bond acceptors (Lipinski definition) is 12. The molecule has 4 aliphatic rings. The van der Waals surface area contributed by atoms with Crippen molar-refractivity contribution in [1.29, 1.82) is 0 Å². The van der Waals surface area contributed by atoms with Gasteiger partial charge in [0.05, 0.1) is 47.8 Å². The summed E-state index contributed by atoms with van der Waals surface area (Å²) >= 11 is 0. The number of benzene rings is 4. The molecule has 1 unspecified atom stereocenters. The number of ketones is 2. The molecule has 18 nitrogen and oxygen atoms in total. The zero-order valence-electron chi connectivity index (χ0n) is 50.0. The molecule has 0 spiro atoms. The van der Waals surface area contributed by atoms with Crippen molar-refractivity contribution in [3.63, 3.8) is 0 Å². The van der Waals surface area contributed by atoms with Crippen LogP contribution in [0.5, 0.6) is 0 Å². The van der Waals surface area contributed by atoms with Gasteiger partial charge in [0.25, 0.3) is 11.8 Å². The van der Waals surface area contributed by atoms with E-state index in [9.17, 15) is 48.6 Å². The van der Waals surface area contributed by atoms with Crippen molar-refractivity contribution in [1.82, 2.24) is 10.6 Å². The fourth-order valence-corrected chi connectivity index (χ4v) is 10.9. The van der Waals surface area contributed by atoms with Crippen LogP contribution in [-0.2, 0) is 39.6 Å². The Morgan fingerprint density at radius 3 is 1.11 bits per heavy atom. The maximum atomic E-state index is 14.1. The van der Waals surface area contributed by atoms with Crippen LogP contribution in [0.15, 0.2) is 97.1 Å². The molecule has 2 fully saturated rings. The van der Waals surface area contributed by atoms with E-state index in [1.807, 2.05) is 90.1 Å². The van der Waals surface area contributed by atoms with Crippen LogP contribution in [-0.4, -0.2) is 135 Å². The number of rotatable bonds is 14. The van der Waals surface area contributed by atoms with Crippen molar-refractivity contribution < 1.29 is 48.6 Å². The predicted octanol–water partition coefficient (Wildman–Crippen LogP) is 7.63. The molecule has 2 aliphatic heterocycles. The number of carbonyl (C=O) groups is 8. The number of carboxylic acids is 2. The monoisotopic (exact) mass is 1160 g/mol. The number of para-hydroxylation sites is 4. The van der Waals surface area contributed by atoms with E-state index < -0.39 is 57.7 Å². The van der Waals surface area contributed by atoms with Crippen LogP contribution in [0, 0.1) is 10.8 Å². The van der Waals surface area contributed by atoms with Gasteiger partial charge in [0, 0.05) is 58.2 Å². The number of amides is 6. The first-order chi connectivity index (χ1) is 38.6. The maximum absolute atomic E-state index is 14.1. The Kier molecular flexibility index (Phi) is 21.7. The van der Waals surface area contributed by atoms with Gasteiger partial charge in [-0.25, -0.2) is 9.59 Å². The van der Waals surface area contributed by atoms with Crippen molar-refractivity contribution in [2.75, 3.05) is 56.4 Å². The molecule has 0 radical (unpaired) electrons. The van der Waals surface area contributed by atoms with Crippen molar-refractivity contribution in [3.8, 4) is 0 Å². The van der Waals surface area contributed by atoms with E-state index in [0.717, 1.165) is 62.7 Å². The van der Waals surface area contributed by atoms with E-state index in [0.29, 0.717) is 33.9 Å². The molecule has 440 valence electrons.